The van der Waals surface area contributed by atoms with Crippen molar-refractivity contribution in [2.45, 2.75) is 25.9 Å². The smallest absolute Gasteiger partial charge is 0.319 e. The summed E-state index contributed by atoms with van der Waals surface area (Å²) in [6.07, 6.45) is 1.26. The Balaban J connectivity index is 2.02. The highest BCUT2D eigenvalue weighted by Crippen LogP contribution is 2.60. The van der Waals surface area contributed by atoms with Crippen molar-refractivity contribution in [1.82, 2.24) is 0 Å². The molecule has 1 fully saturated rings. The molecule has 0 radical (unpaired) electrons. The summed E-state index contributed by atoms with van der Waals surface area (Å²) in [5.74, 6) is -0.639. The summed E-state index contributed by atoms with van der Waals surface area (Å²) < 4.78 is 10.8. The number of aryl methyl sites for hydroxylation is 1. The zero-order valence-electron chi connectivity index (χ0n) is 13.3. The van der Waals surface area contributed by atoms with Gasteiger partial charge in [-0.3, -0.25) is 9.59 Å². The van der Waals surface area contributed by atoms with Crippen LogP contribution < -0.4 is 4.74 Å². The Labute approximate surface area is 133 Å². The van der Waals surface area contributed by atoms with Crippen molar-refractivity contribution in [3.05, 3.63) is 40.5 Å². The molecular formula is C18H18O5. The monoisotopic (exact) mass is 314 g/mol. The van der Waals surface area contributed by atoms with Gasteiger partial charge in [0.2, 0.25) is 0 Å². The molecule has 0 saturated carbocycles. The van der Waals surface area contributed by atoms with Gasteiger partial charge in [0.15, 0.2) is 5.78 Å². The zero-order chi connectivity index (χ0) is 16.5. The third kappa shape index (κ3) is 1.51. The van der Waals surface area contributed by atoms with Crippen molar-refractivity contribution in [3.8, 4) is 5.75 Å². The number of ether oxygens (including phenoxy) is 2. The quantitative estimate of drug-likeness (QED) is 0.665. The maximum Gasteiger partial charge on any atom is 0.319 e. The van der Waals surface area contributed by atoms with Crippen molar-refractivity contribution >= 4 is 11.8 Å². The van der Waals surface area contributed by atoms with E-state index in [4.69, 9.17) is 9.47 Å². The Morgan fingerprint density at radius 1 is 1.30 bits per heavy atom. The lowest BCUT2D eigenvalue weighted by Gasteiger charge is -2.49. The van der Waals surface area contributed by atoms with Gasteiger partial charge < -0.3 is 14.6 Å². The van der Waals surface area contributed by atoms with Crippen molar-refractivity contribution < 1.29 is 24.2 Å². The van der Waals surface area contributed by atoms with Crippen molar-refractivity contribution in [3.63, 3.8) is 0 Å². The molecule has 2 bridgehead atoms. The van der Waals surface area contributed by atoms with Crippen LogP contribution in [0.25, 0.3) is 0 Å². The molecular weight excluding hydrogens is 296 g/mol. The van der Waals surface area contributed by atoms with Gasteiger partial charge in [-0.1, -0.05) is 5.57 Å². The topological polar surface area (TPSA) is 72.8 Å². The third-order valence-electron chi connectivity index (χ3n) is 5.68. The lowest BCUT2D eigenvalue weighted by Crippen LogP contribution is -2.57. The Hall–Kier alpha value is -2.14. The van der Waals surface area contributed by atoms with Crippen LogP contribution in [0.2, 0.25) is 0 Å². The number of hydrogen-bond acceptors (Lipinski definition) is 5. The van der Waals surface area contributed by atoms with Crippen molar-refractivity contribution in [2.75, 3.05) is 13.7 Å². The first-order chi connectivity index (χ1) is 11.0. The summed E-state index contributed by atoms with van der Waals surface area (Å²) in [6.45, 7) is 3.33. The second-order valence-corrected chi connectivity index (χ2v) is 6.63. The molecule has 120 valence electrons. The van der Waals surface area contributed by atoms with Crippen LogP contribution in [0.15, 0.2) is 23.8 Å². The van der Waals surface area contributed by atoms with E-state index in [1.807, 2.05) is 32.1 Å². The molecule has 2 aliphatic carbocycles. The van der Waals surface area contributed by atoms with E-state index in [0.29, 0.717) is 11.3 Å². The molecule has 0 aromatic heterocycles. The second kappa shape index (κ2) is 4.45. The van der Waals surface area contributed by atoms with E-state index >= 15 is 0 Å². The lowest BCUT2D eigenvalue weighted by molar-refractivity contribution is -0.176. The Bertz CT molecular complexity index is 778. The molecule has 1 aromatic rings. The number of aliphatic hydroxyl groups excluding tert-OH is 1. The Kier molecular flexibility index (Phi) is 2.79. The number of aliphatic hydroxyl groups is 1. The number of methoxy groups -OCH3 is 1. The first-order valence-corrected chi connectivity index (χ1v) is 7.69. The number of hydrogen-bond donors (Lipinski definition) is 1. The minimum Gasteiger partial charge on any atom is -0.497 e. The number of rotatable bonds is 2. The van der Waals surface area contributed by atoms with Crippen LogP contribution in [-0.4, -0.2) is 36.7 Å². The number of esters is 1. The molecule has 2 aliphatic heterocycles. The highest BCUT2D eigenvalue weighted by Gasteiger charge is 2.66. The first-order valence-electron chi connectivity index (χ1n) is 7.69. The fourth-order valence-corrected chi connectivity index (χ4v) is 4.56. The molecule has 1 N–H and O–H groups in total. The highest BCUT2D eigenvalue weighted by molar-refractivity contribution is 6.07. The van der Waals surface area contributed by atoms with Crippen LogP contribution in [0.4, 0.5) is 0 Å². The van der Waals surface area contributed by atoms with Gasteiger partial charge in [-0.2, -0.15) is 0 Å². The minimum absolute atomic E-state index is 0.00997. The molecule has 0 amide bonds. The van der Waals surface area contributed by atoms with E-state index in [1.165, 1.54) is 0 Å². The van der Waals surface area contributed by atoms with Gasteiger partial charge in [-0.25, -0.2) is 0 Å². The minimum atomic E-state index is -1.17. The molecule has 2 heterocycles. The van der Waals surface area contributed by atoms with Gasteiger partial charge in [0, 0.05) is 11.5 Å². The van der Waals surface area contributed by atoms with E-state index in [-0.39, 0.29) is 18.3 Å². The van der Waals surface area contributed by atoms with Gasteiger partial charge in [0.25, 0.3) is 0 Å². The average molecular weight is 314 g/mol. The van der Waals surface area contributed by atoms with Crippen LogP contribution in [-0.2, 0) is 9.53 Å². The normalized spacial score (nSPS) is 33.9. The van der Waals surface area contributed by atoms with Crippen LogP contribution in [0, 0.1) is 18.3 Å². The number of carbonyl (C=O) groups excluding carboxylic acids is 2. The molecule has 4 atom stereocenters. The Morgan fingerprint density at radius 3 is 2.65 bits per heavy atom. The summed E-state index contributed by atoms with van der Waals surface area (Å²) in [6, 6.07) is 3.65. The largest absolute Gasteiger partial charge is 0.497 e. The molecule has 0 spiro atoms. The van der Waals surface area contributed by atoms with Crippen LogP contribution in [0.3, 0.4) is 0 Å². The number of Topliss-reactive ketones (excluding diaryl/α,β-unsaturated/α-hetero) is 1. The maximum absolute atomic E-state index is 13.0. The second-order valence-electron chi connectivity index (χ2n) is 6.63. The van der Waals surface area contributed by atoms with Crippen molar-refractivity contribution in [2.24, 2.45) is 11.3 Å². The van der Waals surface area contributed by atoms with Crippen LogP contribution in [0.5, 0.6) is 5.75 Å². The predicted molar refractivity (Wildman–Crippen MR) is 81.4 cm³/mol. The maximum atomic E-state index is 13.0. The third-order valence-corrected chi connectivity index (χ3v) is 5.68. The van der Waals surface area contributed by atoms with Gasteiger partial charge in [-0.15, -0.1) is 0 Å². The van der Waals surface area contributed by atoms with E-state index in [0.717, 1.165) is 16.7 Å². The fraction of sp³-hybridized carbons (Fsp3) is 0.444. The van der Waals surface area contributed by atoms with Gasteiger partial charge >= 0.3 is 5.97 Å². The molecule has 1 aromatic carbocycles. The molecule has 5 nitrogen and oxygen atoms in total. The summed E-state index contributed by atoms with van der Waals surface area (Å²) in [4.78, 5) is 25.5. The number of fused-ring (bicyclic) bond motifs is 2. The average Bonchev–Trinajstić information content (AvgIpc) is 2.82. The van der Waals surface area contributed by atoms with Crippen LogP contribution >= 0.6 is 0 Å². The van der Waals surface area contributed by atoms with Crippen LogP contribution in [0.1, 0.15) is 34.3 Å². The molecule has 0 unspecified atom stereocenters. The Morgan fingerprint density at radius 2 is 2.04 bits per heavy atom. The van der Waals surface area contributed by atoms with E-state index in [1.54, 1.807) is 7.11 Å². The molecule has 5 heteroatoms. The first kappa shape index (κ1) is 14.5. The number of benzene rings is 1. The molecule has 1 saturated heterocycles. The zero-order valence-corrected chi connectivity index (χ0v) is 13.3. The van der Waals surface area contributed by atoms with E-state index in [2.05, 4.69) is 0 Å². The van der Waals surface area contributed by atoms with E-state index in [9.17, 15) is 14.7 Å². The van der Waals surface area contributed by atoms with Crippen molar-refractivity contribution in [1.29, 1.82) is 0 Å². The number of ketones is 1. The summed E-state index contributed by atoms with van der Waals surface area (Å²) in [5, 5.41) is 10.1. The summed E-state index contributed by atoms with van der Waals surface area (Å²) >= 11 is 0. The van der Waals surface area contributed by atoms with Gasteiger partial charge in [0.1, 0.15) is 17.3 Å². The van der Waals surface area contributed by atoms with E-state index < -0.39 is 23.4 Å². The SMILES string of the molecule is COc1cc(C)c2c(c1)[C@@H]1[C@H](C2=O)[C@@H]2C=C(C)[C@@]1(CO)C(=O)O2. The molecule has 5 rings (SSSR count). The molecule has 23 heavy (non-hydrogen) atoms. The standard InChI is InChI=1S/C18H18O5/c1-8-4-10(22-3)6-11-13(8)16(20)14-12-5-9(2)18(7-19,15(11)14)17(21)23-12/h4-6,12,14-15,19H,7H2,1-3H3/t12-,14+,15+,18+/m0/s1. The summed E-state index contributed by atoms with van der Waals surface area (Å²) in [7, 11) is 1.57. The predicted octanol–water partition coefficient (Wildman–Crippen LogP) is 1.76. The fourth-order valence-electron chi connectivity index (χ4n) is 4.56. The van der Waals surface area contributed by atoms with Gasteiger partial charge in [-0.05, 0) is 43.2 Å². The summed E-state index contributed by atoms with van der Waals surface area (Å²) in [5.41, 5.74) is 1.88. The molecule has 4 aliphatic rings. The van der Waals surface area contributed by atoms with Gasteiger partial charge in [0.05, 0.1) is 19.6 Å². The lowest BCUT2D eigenvalue weighted by atomic mass is 9.58. The number of carbonyl (C=O) groups is 2. The highest BCUT2D eigenvalue weighted by atomic mass is 16.5.